The van der Waals surface area contributed by atoms with Gasteiger partial charge >= 0.3 is 5.97 Å². The Balaban J connectivity index is 1.79. The zero-order chi connectivity index (χ0) is 14.8. The number of carbonyl (C=O) groups excluding carboxylic acids is 1. The first-order valence-corrected chi connectivity index (χ1v) is 7.25. The monoisotopic (exact) mass is 288 g/mol. The molecule has 2 N–H and O–H groups in total. The van der Waals surface area contributed by atoms with E-state index in [4.69, 9.17) is 10.5 Å². The van der Waals surface area contributed by atoms with Crippen LogP contribution in [0.25, 0.3) is 0 Å². The summed E-state index contributed by atoms with van der Waals surface area (Å²) in [7, 11) is 1.37. The first kappa shape index (κ1) is 13.7. The van der Waals surface area contributed by atoms with Crippen LogP contribution in [-0.2, 0) is 11.3 Å². The van der Waals surface area contributed by atoms with E-state index in [2.05, 4.69) is 5.10 Å². The molecule has 2 heterocycles. The lowest BCUT2D eigenvalue weighted by Gasteiger charge is -2.09. The molecular weight excluding hydrogens is 268 g/mol. The Labute approximate surface area is 123 Å². The second kappa shape index (κ2) is 5.63. The van der Waals surface area contributed by atoms with Gasteiger partial charge in [0, 0.05) is 12.4 Å². The quantitative estimate of drug-likeness (QED) is 0.875. The molecule has 112 valence electrons. The summed E-state index contributed by atoms with van der Waals surface area (Å²) in [6.07, 6.45) is 8.72. The molecule has 0 aliphatic heterocycles. The zero-order valence-electron chi connectivity index (χ0n) is 12.2. The highest BCUT2D eigenvalue weighted by Gasteiger charge is 2.18. The van der Waals surface area contributed by atoms with Crippen molar-refractivity contribution in [1.82, 2.24) is 14.3 Å². The number of aromatic nitrogens is 3. The summed E-state index contributed by atoms with van der Waals surface area (Å²) >= 11 is 0. The van der Waals surface area contributed by atoms with Crippen LogP contribution < -0.4 is 5.73 Å². The third-order valence-corrected chi connectivity index (χ3v) is 4.01. The molecule has 0 radical (unpaired) electrons. The van der Waals surface area contributed by atoms with Crippen molar-refractivity contribution in [2.24, 2.45) is 0 Å². The number of hydrogen-bond donors (Lipinski definition) is 1. The van der Waals surface area contributed by atoms with E-state index in [1.165, 1.54) is 32.8 Å². The second-order valence-electron chi connectivity index (χ2n) is 5.50. The molecule has 2 aromatic rings. The summed E-state index contributed by atoms with van der Waals surface area (Å²) < 4.78 is 8.60. The predicted octanol–water partition coefficient (Wildman–Crippen LogP) is 2.22. The van der Waals surface area contributed by atoms with E-state index in [-0.39, 0.29) is 5.97 Å². The number of nitrogens with zero attached hydrogens (tertiary/aromatic N) is 3. The molecule has 0 saturated heterocycles. The van der Waals surface area contributed by atoms with Gasteiger partial charge in [0.25, 0.3) is 0 Å². The lowest BCUT2D eigenvalue weighted by atomic mass is 10.3. The number of ether oxygens (including phenoxy) is 1. The standard InChI is InChI=1S/C15H20N4O2/c1-21-15(20)14-8-11(16)9-18(14)10-12-6-7-19(17-12)13-4-2-3-5-13/h6-9,13H,2-5,10,16H2,1H3. The van der Waals surface area contributed by atoms with Gasteiger partial charge in [-0.15, -0.1) is 0 Å². The minimum atomic E-state index is -0.387. The van der Waals surface area contributed by atoms with Gasteiger partial charge in [-0.05, 0) is 25.0 Å². The van der Waals surface area contributed by atoms with Crippen LogP contribution in [0.5, 0.6) is 0 Å². The highest BCUT2D eigenvalue weighted by Crippen LogP contribution is 2.28. The third kappa shape index (κ3) is 2.79. The van der Waals surface area contributed by atoms with Crippen molar-refractivity contribution in [3.8, 4) is 0 Å². The minimum Gasteiger partial charge on any atom is -0.464 e. The highest BCUT2D eigenvalue weighted by atomic mass is 16.5. The summed E-state index contributed by atoms with van der Waals surface area (Å²) in [5.74, 6) is -0.387. The van der Waals surface area contributed by atoms with Crippen molar-refractivity contribution >= 4 is 11.7 Å². The van der Waals surface area contributed by atoms with Gasteiger partial charge < -0.3 is 15.0 Å². The molecule has 0 atom stereocenters. The number of rotatable bonds is 4. The lowest BCUT2D eigenvalue weighted by molar-refractivity contribution is 0.0589. The third-order valence-electron chi connectivity index (χ3n) is 4.01. The topological polar surface area (TPSA) is 75.1 Å². The second-order valence-corrected chi connectivity index (χ2v) is 5.50. The van der Waals surface area contributed by atoms with Crippen molar-refractivity contribution in [3.63, 3.8) is 0 Å². The zero-order valence-corrected chi connectivity index (χ0v) is 12.2. The van der Waals surface area contributed by atoms with Crippen LogP contribution >= 0.6 is 0 Å². The van der Waals surface area contributed by atoms with Crippen molar-refractivity contribution in [3.05, 3.63) is 35.9 Å². The van der Waals surface area contributed by atoms with Crippen LogP contribution in [0.1, 0.15) is 47.9 Å². The fourth-order valence-corrected chi connectivity index (χ4v) is 2.95. The molecule has 1 saturated carbocycles. The van der Waals surface area contributed by atoms with Gasteiger partial charge in [0.15, 0.2) is 0 Å². The van der Waals surface area contributed by atoms with E-state index >= 15 is 0 Å². The van der Waals surface area contributed by atoms with E-state index < -0.39 is 0 Å². The summed E-state index contributed by atoms with van der Waals surface area (Å²) in [5, 5.41) is 4.63. The maximum Gasteiger partial charge on any atom is 0.354 e. The average molecular weight is 288 g/mol. The van der Waals surface area contributed by atoms with Crippen LogP contribution in [0.2, 0.25) is 0 Å². The van der Waals surface area contributed by atoms with E-state index in [1.807, 2.05) is 16.9 Å². The van der Waals surface area contributed by atoms with Gasteiger partial charge in [-0.2, -0.15) is 5.10 Å². The van der Waals surface area contributed by atoms with Gasteiger partial charge in [-0.3, -0.25) is 4.68 Å². The molecule has 3 rings (SSSR count). The molecule has 2 aromatic heterocycles. The number of esters is 1. The highest BCUT2D eigenvalue weighted by molar-refractivity contribution is 5.89. The molecule has 1 aliphatic rings. The van der Waals surface area contributed by atoms with E-state index in [0.29, 0.717) is 24.0 Å². The number of anilines is 1. The van der Waals surface area contributed by atoms with Gasteiger partial charge in [0.1, 0.15) is 5.69 Å². The number of methoxy groups -OCH3 is 1. The molecule has 1 fully saturated rings. The number of hydrogen-bond acceptors (Lipinski definition) is 4. The fraction of sp³-hybridized carbons (Fsp3) is 0.467. The van der Waals surface area contributed by atoms with E-state index in [0.717, 1.165) is 5.69 Å². The Morgan fingerprint density at radius 1 is 1.48 bits per heavy atom. The number of nitrogen functional groups attached to an aromatic ring is 1. The molecule has 6 heteroatoms. The molecule has 0 spiro atoms. The Kier molecular flexibility index (Phi) is 3.68. The molecule has 1 aliphatic carbocycles. The largest absolute Gasteiger partial charge is 0.464 e. The minimum absolute atomic E-state index is 0.387. The summed E-state index contributed by atoms with van der Waals surface area (Å²) in [6.45, 7) is 0.515. The Morgan fingerprint density at radius 3 is 2.95 bits per heavy atom. The molecule has 21 heavy (non-hydrogen) atoms. The average Bonchev–Trinajstić information content (AvgIpc) is 3.18. The van der Waals surface area contributed by atoms with Crippen LogP contribution in [0.15, 0.2) is 24.5 Å². The van der Waals surface area contributed by atoms with Crippen molar-refractivity contribution in [1.29, 1.82) is 0 Å². The maximum atomic E-state index is 11.7. The van der Waals surface area contributed by atoms with Gasteiger partial charge in [-0.1, -0.05) is 12.8 Å². The lowest BCUT2D eigenvalue weighted by Crippen LogP contribution is -2.12. The molecule has 0 amide bonds. The van der Waals surface area contributed by atoms with Crippen molar-refractivity contribution in [2.75, 3.05) is 12.8 Å². The van der Waals surface area contributed by atoms with E-state index in [1.54, 1.807) is 16.8 Å². The van der Waals surface area contributed by atoms with Crippen LogP contribution in [0.3, 0.4) is 0 Å². The fourth-order valence-electron chi connectivity index (χ4n) is 2.95. The first-order valence-electron chi connectivity index (χ1n) is 7.25. The molecule has 0 bridgehead atoms. The summed E-state index contributed by atoms with van der Waals surface area (Å²) in [6, 6.07) is 4.14. The molecule has 0 unspecified atom stereocenters. The van der Waals surface area contributed by atoms with Crippen molar-refractivity contribution in [2.45, 2.75) is 38.3 Å². The summed E-state index contributed by atoms with van der Waals surface area (Å²) in [4.78, 5) is 11.7. The molecular formula is C15H20N4O2. The van der Waals surface area contributed by atoms with Crippen LogP contribution in [-0.4, -0.2) is 27.4 Å². The summed E-state index contributed by atoms with van der Waals surface area (Å²) in [5.41, 5.74) is 7.69. The number of carbonyl (C=O) groups is 1. The van der Waals surface area contributed by atoms with Crippen LogP contribution in [0, 0.1) is 0 Å². The first-order chi connectivity index (χ1) is 10.2. The Hall–Kier alpha value is -2.24. The van der Waals surface area contributed by atoms with Gasteiger partial charge in [0.2, 0.25) is 0 Å². The Morgan fingerprint density at radius 2 is 2.24 bits per heavy atom. The van der Waals surface area contributed by atoms with Gasteiger partial charge in [-0.25, -0.2) is 4.79 Å². The van der Waals surface area contributed by atoms with E-state index in [9.17, 15) is 4.79 Å². The number of nitrogens with two attached hydrogens (primary N) is 1. The molecule has 6 nitrogen and oxygen atoms in total. The van der Waals surface area contributed by atoms with Crippen molar-refractivity contribution < 1.29 is 9.53 Å². The normalized spacial score (nSPS) is 15.5. The molecule has 0 aromatic carbocycles. The Bertz CT molecular complexity index is 638. The SMILES string of the molecule is COC(=O)c1cc(N)cn1Cc1ccn(C2CCCC2)n1. The predicted molar refractivity (Wildman–Crippen MR) is 79.0 cm³/mol. The maximum absolute atomic E-state index is 11.7. The smallest absolute Gasteiger partial charge is 0.354 e. The van der Waals surface area contributed by atoms with Crippen LogP contribution in [0.4, 0.5) is 5.69 Å². The van der Waals surface area contributed by atoms with Gasteiger partial charge in [0.05, 0.1) is 31.1 Å².